The Morgan fingerprint density at radius 2 is 1.66 bits per heavy atom. The van der Waals surface area contributed by atoms with E-state index in [-0.39, 0.29) is 24.2 Å². The van der Waals surface area contributed by atoms with Crippen LogP contribution in [-0.2, 0) is 15.0 Å². The molecule has 0 bridgehead atoms. The van der Waals surface area contributed by atoms with Gasteiger partial charge in [0, 0.05) is 30.5 Å². The molecule has 1 N–H and O–H groups in total. The molecule has 1 aliphatic heterocycles. The van der Waals surface area contributed by atoms with Gasteiger partial charge < -0.3 is 14.9 Å². The largest absolute Gasteiger partial charge is 0.481 e. The van der Waals surface area contributed by atoms with E-state index in [1.54, 1.807) is 0 Å². The number of anilines is 1. The average Bonchev–Trinajstić information content (AvgIpc) is 3.16. The molecule has 1 amide bonds. The first-order chi connectivity index (χ1) is 15.6. The number of rotatable bonds is 9. The van der Waals surface area contributed by atoms with Crippen molar-refractivity contribution >= 4 is 23.6 Å². The number of piperidine rings is 1. The maximum atomic E-state index is 12.8. The minimum absolute atomic E-state index is 0.00254. The van der Waals surface area contributed by atoms with E-state index in [2.05, 4.69) is 41.3 Å². The Bertz CT molecular complexity index is 962. The zero-order valence-corrected chi connectivity index (χ0v) is 18.6. The third-order valence-corrected chi connectivity index (χ3v) is 6.83. The molecule has 0 unspecified atom stereocenters. The standard InChI is InChI=1S/C27H32N2O3/c30-25(12-6-13-26(31)32)29(23-9-2-1-3-10-23)19-7-18-28-20-16-27(17-21-28)15-14-22-8-4-5-11-24(22)27/h1-5,8-11,14-15H,6-7,12-13,16-21H2,(H,31,32). The minimum atomic E-state index is -0.855. The number of likely N-dealkylation sites (tertiary alicyclic amines) is 1. The second-order valence-corrected chi connectivity index (χ2v) is 8.90. The van der Waals surface area contributed by atoms with Gasteiger partial charge in [-0.05, 0) is 68.6 Å². The summed E-state index contributed by atoms with van der Waals surface area (Å²) in [6, 6.07) is 18.4. The fourth-order valence-electron chi connectivity index (χ4n) is 5.03. The molecule has 5 nitrogen and oxygen atoms in total. The van der Waals surface area contributed by atoms with Gasteiger partial charge in [0.1, 0.15) is 0 Å². The first-order valence-electron chi connectivity index (χ1n) is 11.7. The number of carbonyl (C=O) groups excluding carboxylic acids is 1. The van der Waals surface area contributed by atoms with Crippen molar-refractivity contribution in [3.8, 4) is 0 Å². The second kappa shape index (κ2) is 10.1. The summed E-state index contributed by atoms with van der Waals surface area (Å²) in [7, 11) is 0. The monoisotopic (exact) mass is 432 g/mol. The van der Waals surface area contributed by atoms with Crippen molar-refractivity contribution in [2.24, 2.45) is 0 Å². The highest BCUT2D eigenvalue weighted by molar-refractivity contribution is 5.93. The number of amides is 1. The van der Waals surface area contributed by atoms with Gasteiger partial charge in [-0.1, -0.05) is 54.6 Å². The lowest BCUT2D eigenvalue weighted by Gasteiger charge is -2.39. The predicted octanol–water partition coefficient (Wildman–Crippen LogP) is 4.73. The summed E-state index contributed by atoms with van der Waals surface area (Å²) in [5, 5.41) is 8.86. The number of para-hydroxylation sites is 1. The molecule has 0 aromatic heterocycles. The molecule has 1 spiro atoms. The molecule has 1 saturated heterocycles. The van der Waals surface area contributed by atoms with E-state index in [0.717, 1.165) is 44.6 Å². The van der Waals surface area contributed by atoms with Crippen LogP contribution in [0.4, 0.5) is 5.69 Å². The quantitative estimate of drug-likeness (QED) is 0.623. The Kier molecular flexibility index (Phi) is 7.05. The van der Waals surface area contributed by atoms with Gasteiger partial charge in [0.15, 0.2) is 0 Å². The molecule has 1 heterocycles. The zero-order chi connectivity index (χ0) is 22.4. The molecule has 1 fully saturated rings. The lowest BCUT2D eigenvalue weighted by molar-refractivity contribution is -0.137. The SMILES string of the molecule is O=C(O)CCCC(=O)N(CCCN1CCC2(C=Cc3ccccc32)CC1)c1ccccc1. The van der Waals surface area contributed by atoms with Gasteiger partial charge >= 0.3 is 5.97 Å². The summed E-state index contributed by atoms with van der Waals surface area (Å²) in [6.07, 6.45) is 8.52. The van der Waals surface area contributed by atoms with E-state index in [9.17, 15) is 9.59 Å². The summed E-state index contributed by atoms with van der Waals surface area (Å²) in [5.41, 5.74) is 3.92. The van der Waals surface area contributed by atoms with Gasteiger partial charge in [-0.15, -0.1) is 0 Å². The van der Waals surface area contributed by atoms with Crippen LogP contribution in [0.25, 0.3) is 6.08 Å². The van der Waals surface area contributed by atoms with E-state index >= 15 is 0 Å². The van der Waals surface area contributed by atoms with Crippen molar-refractivity contribution in [1.29, 1.82) is 0 Å². The van der Waals surface area contributed by atoms with E-state index in [0.29, 0.717) is 13.0 Å². The van der Waals surface area contributed by atoms with Gasteiger partial charge in [-0.25, -0.2) is 0 Å². The van der Waals surface area contributed by atoms with Crippen molar-refractivity contribution in [3.63, 3.8) is 0 Å². The van der Waals surface area contributed by atoms with Crippen LogP contribution in [0.2, 0.25) is 0 Å². The Hall–Kier alpha value is -2.92. The maximum Gasteiger partial charge on any atom is 0.303 e. The van der Waals surface area contributed by atoms with Crippen molar-refractivity contribution in [1.82, 2.24) is 4.90 Å². The maximum absolute atomic E-state index is 12.8. The average molecular weight is 433 g/mol. The molecular weight excluding hydrogens is 400 g/mol. The summed E-state index contributed by atoms with van der Waals surface area (Å²) in [4.78, 5) is 27.9. The number of allylic oxidation sites excluding steroid dienone is 1. The molecule has 4 rings (SSSR count). The number of benzene rings is 2. The number of hydrogen-bond acceptors (Lipinski definition) is 3. The molecule has 32 heavy (non-hydrogen) atoms. The summed E-state index contributed by atoms with van der Waals surface area (Å²) in [5.74, 6) is -0.852. The highest BCUT2D eigenvalue weighted by Gasteiger charge is 2.37. The van der Waals surface area contributed by atoms with Crippen molar-refractivity contribution in [2.45, 2.75) is 43.9 Å². The van der Waals surface area contributed by atoms with E-state index < -0.39 is 5.97 Å². The fourth-order valence-corrected chi connectivity index (χ4v) is 5.03. The molecule has 2 aliphatic rings. The number of hydrogen-bond donors (Lipinski definition) is 1. The van der Waals surface area contributed by atoms with E-state index in [1.165, 1.54) is 11.1 Å². The van der Waals surface area contributed by atoms with Gasteiger partial charge in [0.25, 0.3) is 0 Å². The topological polar surface area (TPSA) is 60.9 Å². The number of nitrogens with zero attached hydrogens (tertiary/aromatic N) is 2. The van der Waals surface area contributed by atoms with Gasteiger partial charge in [-0.2, -0.15) is 0 Å². The van der Waals surface area contributed by atoms with Gasteiger partial charge in [0.05, 0.1) is 0 Å². The number of aliphatic carboxylic acids is 1. The molecular formula is C27H32N2O3. The Morgan fingerprint density at radius 3 is 2.41 bits per heavy atom. The number of carboxylic acid groups (broad SMARTS) is 1. The molecule has 2 aromatic carbocycles. The van der Waals surface area contributed by atoms with Crippen LogP contribution in [-0.4, -0.2) is 48.1 Å². The van der Waals surface area contributed by atoms with Crippen LogP contribution in [0.1, 0.15) is 49.7 Å². The molecule has 5 heteroatoms. The lowest BCUT2D eigenvalue weighted by Crippen LogP contribution is -2.42. The van der Waals surface area contributed by atoms with Crippen LogP contribution in [0, 0.1) is 0 Å². The third kappa shape index (κ3) is 5.10. The van der Waals surface area contributed by atoms with Crippen molar-refractivity contribution in [2.75, 3.05) is 31.1 Å². The second-order valence-electron chi connectivity index (χ2n) is 8.90. The molecule has 0 atom stereocenters. The highest BCUT2D eigenvalue weighted by Crippen LogP contribution is 2.43. The van der Waals surface area contributed by atoms with Gasteiger partial charge in [0.2, 0.25) is 5.91 Å². The minimum Gasteiger partial charge on any atom is -0.481 e. The Morgan fingerprint density at radius 1 is 0.938 bits per heavy atom. The molecule has 2 aromatic rings. The van der Waals surface area contributed by atoms with Crippen LogP contribution < -0.4 is 4.90 Å². The van der Waals surface area contributed by atoms with E-state index in [1.807, 2.05) is 35.2 Å². The highest BCUT2D eigenvalue weighted by atomic mass is 16.4. The Balaban J connectivity index is 1.29. The zero-order valence-electron chi connectivity index (χ0n) is 18.6. The van der Waals surface area contributed by atoms with Crippen LogP contribution in [0.3, 0.4) is 0 Å². The Labute approximate surface area is 190 Å². The lowest BCUT2D eigenvalue weighted by atomic mass is 9.74. The molecule has 1 aliphatic carbocycles. The third-order valence-electron chi connectivity index (χ3n) is 6.83. The normalized spacial score (nSPS) is 16.8. The number of carbonyl (C=O) groups is 2. The van der Waals surface area contributed by atoms with Crippen LogP contribution >= 0.6 is 0 Å². The van der Waals surface area contributed by atoms with E-state index in [4.69, 9.17) is 5.11 Å². The fraction of sp³-hybridized carbons (Fsp3) is 0.407. The summed E-state index contributed by atoms with van der Waals surface area (Å²) >= 11 is 0. The number of carboxylic acids is 1. The molecule has 168 valence electrons. The first-order valence-corrected chi connectivity index (χ1v) is 11.7. The number of fused-ring (bicyclic) bond motifs is 2. The predicted molar refractivity (Wildman–Crippen MR) is 128 cm³/mol. The van der Waals surface area contributed by atoms with Gasteiger partial charge in [-0.3, -0.25) is 9.59 Å². The molecule has 0 radical (unpaired) electrons. The summed E-state index contributed by atoms with van der Waals surface area (Å²) < 4.78 is 0. The van der Waals surface area contributed by atoms with Crippen molar-refractivity contribution < 1.29 is 14.7 Å². The summed E-state index contributed by atoms with van der Waals surface area (Å²) in [6.45, 7) is 3.75. The first kappa shape index (κ1) is 22.3. The van der Waals surface area contributed by atoms with Crippen LogP contribution in [0.15, 0.2) is 60.7 Å². The van der Waals surface area contributed by atoms with Crippen LogP contribution in [0.5, 0.6) is 0 Å². The smallest absolute Gasteiger partial charge is 0.303 e. The molecule has 0 saturated carbocycles. The van der Waals surface area contributed by atoms with Crippen molar-refractivity contribution in [3.05, 3.63) is 71.8 Å².